The van der Waals surface area contributed by atoms with Crippen molar-refractivity contribution in [2.75, 3.05) is 6.54 Å². The van der Waals surface area contributed by atoms with Crippen LogP contribution in [0.1, 0.15) is 69.9 Å². The molecule has 0 bridgehead atoms. The first-order valence-electron chi connectivity index (χ1n) is 12.0. The van der Waals surface area contributed by atoms with Crippen LogP contribution < -0.4 is 5.32 Å². The monoisotopic (exact) mass is 424 g/mol. The fourth-order valence-corrected chi connectivity index (χ4v) is 5.47. The molecule has 1 heterocycles. The van der Waals surface area contributed by atoms with Crippen molar-refractivity contribution in [2.24, 2.45) is 11.8 Å². The summed E-state index contributed by atoms with van der Waals surface area (Å²) in [5.41, 5.74) is 2.09. The molecule has 0 aromatic heterocycles. The molecule has 0 radical (unpaired) electrons. The number of carbonyl (C=O) groups is 2. The molecular formula is C26H36N2O3. The number of ether oxygens (including phenoxy) is 1. The van der Waals surface area contributed by atoms with Crippen LogP contribution in [0.4, 0.5) is 0 Å². The lowest BCUT2D eigenvalue weighted by Crippen LogP contribution is -2.58. The van der Waals surface area contributed by atoms with Gasteiger partial charge in [0.1, 0.15) is 12.6 Å². The van der Waals surface area contributed by atoms with Crippen LogP contribution in [0.3, 0.4) is 0 Å². The van der Waals surface area contributed by atoms with Crippen molar-refractivity contribution >= 4 is 17.9 Å². The number of rotatable bonds is 4. The zero-order chi connectivity index (χ0) is 22.0. The van der Waals surface area contributed by atoms with Gasteiger partial charge in [0.05, 0.1) is 6.04 Å². The quantitative estimate of drug-likeness (QED) is 0.727. The fourth-order valence-electron chi connectivity index (χ4n) is 5.47. The van der Waals surface area contributed by atoms with E-state index in [-0.39, 0.29) is 36.5 Å². The van der Waals surface area contributed by atoms with Gasteiger partial charge in [-0.25, -0.2) is 0 Å². The standard InChI is InChI=1S/C26H36N2O3/c1-17-8-6-10-20(14-17)15-24-26(30)28(22-12-4-5-13-23(22)31-24)16-25(29)27-21-11-7-9-18(2)19(21)3/h6,8,10,14-15,18-19,21-23H,4-5,7,9,11-13,16H2,1-3H3,(H,27,29)/b24-15+. The van der Waals surface area contributed by atoms with Crippen LogP contribution in [0.15, 0.2) is 30.0 Å². The summed E-state index contributed by atoms with van der Waals surface area (Å²) in [5.74, 6) is 1.25. The molecule has 2 saturated carbocycles. The Bertz CT molecular complexity index is 849. The van der Waals surface area contributed by atoms with Gasteiger partial charge >= 0.3 is 0 Å². The number of benzene rings is 1. The van der Waals surface area contributed by atoms with Crippen LogP contribution in [0.2, 0.25) is 0 Å². The molecule has 1 aromatic rings. The summed E-state index contributed by atoms with van der Waals surface area (Å²) in [6.45, 7) is 6.65. The van der Waals surface area contributed by atoms with Gasteiger partial charge in [-0.2, -0.15) is 0 Å². The summed E-state index contributed by atoms with van der Waals surface area (Å²) in [6.07, 6.45) is 9.22. The smallest absolute Gasteiger partial charge is 0.289 e. The van der Waals surface area contributed by atoms with Gasteiger partial charge in [0.2, 0.25) is 5.91 Å². The van der Waals surface area contributed by atoms with Gasteiger partial charge in [-0.05, 0) is 56.1 Å². The molecule has 0 spiro atoms. The molecule has 1 aromatic carbocycles. The largest absolute Gasteiger partial charge is 0.482 e. The van der Waals surface area contributed by atoms with Crippen molar-refractivity contribution in [2.45, 2.75) is 83.9 Å². The Hall–Kier alpha value is -2.30. The van der Waals surface area contributed by atoms with E-state index in [1.807, 2.05) is 37.3 Å². The molecule has 5 unspecified atom stereocenters. The second-order valence-corrected chi connectivity index (χ2v) is 9.81. The Labute approximate surface area is 186 Å². The molecule has 31 heavy (non-hydrogen) atoms. The number of hydrogen-bond donors (Lipinski definition) is 1. The summed E-state index contributed by atoms with van der Waals surface area (Å²) in [4.78, 5) is 28.1. The third-order valence-corrected chi connectivity index (χ3v) is 7.53. The third kappa shape index (κ3) is 4.97. The maximum atomic E-state index is 13.4. The van der Waals surface area contributed by atoms with E-state index < -0.39 is 0 Å². The number of nitrogens with zero attached hydrogens (tertiary/aromatic N) is 1. The summed E-state index contributed by atoms with van der Waals surface area (Å²) < 4.78 is 6.18. The zero-order valence-electron chi connectivity index (χ0n) is 19.1. The molecule has 3 fully saturated rings. The number of morpholine rings is 1. The molecule has 5 atom stereocenters. The molecule has 2 aliphatic carbocycles. The molecule has 168 valence electrons. The molecule has 3 aliphatic rings. The van der Waals surface area contributed by atoms with E-state index in [0.717, 1.165) is 49.7 Å². The minimum Gasteiger partial charge on any atom is -0.482 e. The van der Waals surface area contributed by atoms with Crippen molar-refractivity contribution in [3.8, 4) is 0 Å². The molecular weight excluding hydrogens is 388 g/mol. The first kappa shape index (κ1) is 21.9. The van der Waals surface area contributed by atoms with Crippen LogP contribution in [0.5, 0.6) is 0 Å². The molecule has 1 N–H and O–H groups in total. The topological polar surface area (TPSA) is 58.6 Å². The average Bonchev–Trinajstić information content (AvgIpc) is 2.74. The number of hydrogen-bond acceptors (Lipinski definition) is 3. The molecule has 2 amide bonds. The van der Waals surface area contributed by atoms with Gasteiger partial charge < -0.3 is 15.0 Å². The van der Waals surface area contributed by atoms with E-state index in [4.69, 9.17) is 4.74 Å². The van der Waals surface area contributed by atoms with Crippen molar-refractivity contribution in [3.05, 3.63) is 41.2 Å². The highest BCUT2D eigenvalue weighted by atomic mass is 16.5. The van der Waals surface area contributed by atoms with Gasteiger partial charge in [-0.1, -0.05) is 62.9 Å². The van der Waals surface area contributed by atoms with Crippen LogP contribution in [-0.2, 0) is 14.3 Å². The third-order valence-electron chi connectivity index (χ3n) is 7.53. The molecule has 5 heteroatoms. The number of fused-ring (bicyclic) bond motifs is 1. The van der Waals surface area contributed by atoms with E-state index in [9.17, 15) is 9.59 Å². The Morgan fingerprint density at radius 2 is 1.97 bits per heavy atom. The van der Waals surface area contributed by atoms with Crippen molar-refractivity contribution in [3.63, 3.8) is 0 Å². The summed E-state index contributed by atoms with van der Waals surface area (Å²) >= 11 is 0. The minimum absolute atomic E-state index is 0.00985. The second kappa shape index (κ2) is 9.46. The number of nitrogens with one attached hydrogen (secondary N) is 1. The predicted molar refractivity (Wildman–Crippen MR) is 122 cm³/mol. The summed E-state index contributed by atoms with van der Waals surface area (Å²) in [6, 6.07) is 8.23. The van der Waals surface area contributed by atoms with E-state index in [2.05, 4.69) is 19.2 Å². The van der Waals surface area contributed by atoms with Gasteiger partial charge in [0.15, 0.2) is 5.76 Å². The first-order valence-corrected chi connectivity index (χ1v) is 12.0. The van der Waals surface area contributed by atoms with E-state index in [1.165, 1.54) is 6.42 Å². The number of carbonyl (C=O) groups excluding carboxylic acids is 2. The van der Waals surface area contributed by atoms with Gasteiger partial charge in [0.25, 0.3) is 5.91 Å². The Balaban J connectivity index is 1.51. The Kier molecular flexibility index (Phi) is 6.68. The van der Waals surface area contributed by atoms with Crippen molar-refractivity contribution in [1.29, 1.82) is 0 Å². The van der Waals surface area contributed by atoms with Crippen LogP contribution in [-0.4, -0.2) is 41.4 Å². The van der Waals surface area contributed by atoms with E-state index in [1.54, 1.807) is 4.90 Å². The number of amides is 2. The number of aryl methyl sites for hydroxylation is 1. The van der Waals surface area contributed by atoms with E-state index in [0.29, 0.717) is 17.6 Å². The lowest BCUT2D eigenvalue weighted by molar-refractivity contribution is -0.152. The normalized spacial score (nSPS) is 32.4. The highest BCUT2D eigenvalue weighted by Gasteiger charge is 2.42. The summed E-state index contributed by atoms with van der Waals surface area (Å²) in [7, 11) is 0. The molecule has 5 nitrogen and oxygen atoms in total. The lowest BCUT2D eigenvalue weighted by atomic mass is 9.78. The van der Waals surface area contributed by atoms with Crippen molar-refractivity contribution in [1.82, 2.24) is 10.2 Å². The van der Waals surface area contributed by atoms with Gasteiger partial charge in [-0.15, -0.1) is 0 Å². The van der Waals surface area contributed by atoms with Gasteiger partial charge in [-0.3, -0.25) is 9.59 Å². The maximum absolute atomic E-state index is 13.4. The van der Waals surface area contributed by atoms with Gasteiger partial charge in [0, 0.05) is 6.04 Å². The predicted octanol–water partition coefficient (Wildman–Crippen LogP) is 4.45. The summed E-state index contributed by atoms with van der Waals surface area (Å²) in [5, 5.41) is 3.24. The minimum atomic E-state index is -0.162. The SMILES string of the molecule is Cc1cccc(/C=C2/OC3CCCCC3N(CC(=O)NC3CCCC(C)C3C)C2=O)c1. The fraction of sp³-hybridized carbons (Fsp3) is 0.615. The zero-order valence-corrected chi connectivity index (χ0v) is 19.1. The molecule has 1 aliphatic heterocycles. The maximum Gasteiger partial charge on any atom is 0.289 e. The molecule has 4 rings (SSSR count). The van der Waals surface area contributed by atoms with Crippen LogP contribution in [0.25, 0.3) is 6.08 Å². The highest BCUT2D eigenvalue weighted by Crippen LogP contribution is 2.34. The lowest BCUT2D eigenvalue weighted by Gasteiger charge is -2.44. The van der Waals surface area contributed by atoms with Crippen molar-refractivity contribution < 1.29 is 14.3 Å². The van der Waals surface area contributed by atoms with Crippen LogP contribution >= 0.6 is 0 Å². The Morgan fingerprint density at radius 1 is 1.16 bits per heavy atom. The first-order chi connectivity index (χ1) is 14.9. The van der Waals surface area contributed by atoms with Crippen LogP contribution in [0, 0.1) is 18.8 Å². The Morgan fingerprint density at radius 3 is 2.77 bits per heavy atom. The average molecular weight is 425 g/mol. The van der Waals surface area contributed by atoms with E-state index >= 15 is 0 Å². The highest BCUT2D eigenvalue weighted by molar-refractivity contribution is 5.98. The second-order valence-electron chi connectivity index (χ2n) is 9.81. The molecule has 1 saturated heterocycles.